The van der Waals surface area contributed by atoms with E-state index in [0.29, 0.717) is 11.3 Å². The fraction of sp³-hybridized carbons (Fsp3) is 0.250. The van der Waals surface area contributed by atoms with Crippen LogP contribution in [0.1, 0.15) is 22.2 Å². The minimum atomic E-state index is -4.01. The zero-order valence-electron chi connectivity index (χ0n) is 16.2. The summed E-state index contributed by atoms with van der Waals surface area (Å²) in [5, 5.41) is 0.889. The molecule has 3 rings (SSSR count). The normalized spacial score (nSPS) is 12.7. The van der Waals surface area contributed by atoms with Crippen LogP contribution in [0.5, 0.6) is 5.75 Å². The first-order valence-electron chi connectivity index (χ1n) is 8.67. The number of furan rings is 1. The van der Waals surface area contributed by atoms with Crippen LogP contribution in [-0.4, -0.2) is 42.3 Å². The fourth-order valence-corrected chi connectivity index (χ4v) is 4.08. The number of hydrogen-bond acceptors (Lipinski definition) is 7. The third kappa shape index (κ3) is 4.42. The summed E-state index contributed by atoms with van der Waals surface area (Å²) in [6.07, 6.45) is -0.646. The summed E-state index contributed by atoms with van der Waals surface area (Å²) >= 11 is 0. The number of rotatable bonds is 8. The molecule has 3 aromatic rings. The first-order valence-corrected chi connectivity index (χ1v) is 10.1. The number of benzene rings is 2. The lowest BCUT2D eigenvalue weighted by Crippen LogP contribution is -2.29. The lowest BCUT2D eigenvalue weighted by molar-refractivity contribution is 0.0600. The van der Waals surface area contributed by atoms with Crippen molar-refractivity contribution >= 4 is 27.0 Å². The highest BCUT2D eigenvalue weighted by Gasteiger charge is 2.25. The van der Waals surface area contributed by atoms with Crippen LogP contribution in [0.25, 0.3) is 11.0 Å². The van der Waals surface area contributed by atoms with Crippen LogP contribution in [0.4, 0.5) is 0 Å². The molecule has 0 aliphatic rings. The van der Waals surface area contributed by atoms with Crippen LogP contribution in [0, 0.1) is 0 Å². The van der Waals surface area contributed by atoms with Crippen molar-refractivity contribution in [2.75, 3.05) is 27.9 Å². The molecule has 0 bridgehead atoms. The van der Waals surface area contributed by atoms with E-state index in [1.54, 1.807) is 6.07 Å². The molecule has 0 saturated carbocycles. The second-order valence-electron chi connectivity index (χ2n) is 6.12. The third-order valence-corrected chi connectivity index (χ3v) is 5.82. The number of sulfonamides is 1. The minimum absolute atomic E-state index is 0.0791. The maximum Gasteiger partial charge on any atom is 0.337 e. The Balaban J connectivity index is 1.85. The molecule has 9 heteroatoms. The number of carbonyl (C=O) groups is 1. The van der Waals surface area contributed by atoms with Gasteiger partial charge in [-0.05, 0) is 30.3 Å². The van der Waals surface area contributed by atoms with Gasteiger partial charge in [0, 0.05) is 19.0 Å². The van der Waals surface area contributed by atoms with Gasteiger partial charge in [-0.3, -0.25) is 0 Å². The molecule has 1 heterocycles. The van der Waals surface area contributed by atoms with Gasteiger partial charge in [-0.25, -0.2) is 17.9 Å². The zero-order chi connectivity index (χ0) is 21.0. The van der Waals surface area contributed by atoms with Gasteiger partial charge in [0.05, 0.1) is 19.8 Å². The summed E-state index contributed by atoms with van der Waals surface area (Å²) in [5.41, 5.74) is 0.772. The minimum Gasteiger partial charge on any atom is -0.495 e. The van der Waals surface area contributed by atoms with E-state index >= 15 is 0 Å². The number of carbonyl (C=O) groups excluding carboxylic acids is 1. The van der Waals surface area contributed by atoms with Crippen molar-refractivity contribution in [1.82, 2.24) is 4.72 Å². The van der Waals surface area contributed by atoms with Gasteiger partial charge in [0.25, 0.3) is 0 Å². The molecule has 0 spiro atoms. The van der Waals surface area contributed by atoms with E-state index in [0.717, 1.165) is 5.39 Å². The molecule has 0 saturated heterocycles. The first-order chi connectivity index (χ1) is 13.9. The quantitative estimate of drug-likeness (QED) is 0.560. The average Bonchev–Trinajstić information content (AvgIpc) is 3.17. The summed E-state index contributed by atoms with van der Waals surface area (Å²) in [4.78, 5) is 11.6. The zero-order valence-corrected chi connectivity index (χ0v) is 17.0. The van der Waals surface area contributed by atoms with Gasteiger partial charge in [0.15, 0.2) is 0 Å². The molecule has 8 nitrogen and oxygen atoms in total. The van der Waals surface area contributed by atoms with Gasteiger partial charge in [0.1, 0.15) is 28.1 Å². The van der Waals surface area contributed by atoms with E-state index < -0.39 is 22.1 Å². The Bertz CT molecular complexity index is 1090. The van der Waals surface area contributed by atoms with Crippen molar-refractivity contribution < 1.29 is 31.8 Å². The van der Waals surface area contributed by atoms with Crippen LogP contribution in [0.2, 0.25) is 0 Å². The van der Waals surface area contributed by atoms with Crippen molar-refractivity contribution in [2.24, 2.45) is 0 Å². The molecule has 29 heavy (non-hydrogen) atoms. The number of fused-ring (bicyclic) bond motifs is 1. The van der Waals surface area contributed by atoms with Crippen LogP contribution in [0.3, 0.4) is 0 Å². The lowest BCUT2D eigenvalue weighted by Gasteiger charge is -2.16. The second-order valence-corrected chi connectivity index (χ2v) is 7.86. The van der Waals surface area contributed by atoms with Crippen molar-refractivity contribution in [2.45, 2.75) is 11.0 Å². The summed E-state index contributed by atoms with van der Waals surface area (Å²) < 4.78 is 49.2. The van der Waals surface area contributed by atoms with Crippen molar-refractivity contribution in [3.63, 3.8) is 0 Å². The van der Waals surface area contributed by atoms with E-state index in [2.05, 4.69) is 9.46 Å². The van der Waals surface area contributed by atoms with Gasteiger partial charge in [-0.15, -0.1) is 0 Å². The molecule has 1 N–H and O–H groups in total. The van der Waals surface area contributed by atoms with Gasteiger partial charge >= 0.3 is 5.97 Å². The lowest BCUT2D eigenvalue weighted by atomic mass is 10.2. The Morgan fingerprint density at radius 2 is 1.86 bits per heavy atom. The Morgan fingerprint density at radius 3 is 2.52 bits per heavy atom. The summed E-state index contributed by atoms with van der Waals surface area (Å²) in [5.74, 6) is -0.0596. The molecule has 0 aliphatic carbocycles. The molecule has 0 unspecified atom stereocenters. The number of esters is 1. The van der Waals surface area contributed by atoms with Crippen LogP contribution in [0.15, 0.2) is 57.8 Å². The predicted octanol–water partition coefficient (Wildman–Crippen LogP) is 2.89. The van der Waals surface area contributed by atoms with Gasteiger partial charge in [0.2, 0.25) is 10.0 Å². The maximum atomic E-state index is 12.9. The van der Waals surface area contributed by atoms with Crippen molar-refractivity contribution in [1.29, 1.82) is 0 Å². The van der Waals surface area contributed by atoms with Gasteiger partial charge < -0.3 is 18.6 Å². The Hall–Kier alpha value is -2.88. The SMILES string of the molecule is COC(=O)c1ccc(OC)c(S(=O)(=O)NC[C@@H](OC)c2cc3ccccc3o2)c1. The van der Waals surface area contributed by atoms with Crippen molar-refractivity contribution in [3.05, 3.63) is 59.9 Å². The molecule has 154 valence electrons. The predicted molar refractivity (Wildman–Crippen MR) is 105 cm³/mol. The summed E-state index contributed by atoms with van der Waals surface area (Å²) in [6.45, 7) is -0.0791. The number of hydrogen-bond donors (Lipinski definition) is 1. The molecule has 0 fully saturated rings. The molecule has 2 aromatic carbocycles. The summed E-state index contributed by atoms with van der Waals surface area (Å²) in [7, 11) is 0.0115. The number of para-hydroxylation sites is 1. The fourth-order valence-electron chi connectivity index (χ4n) is 2.86. The highest BCUT2D eigenvalue weighted by atomic mass is 32.2. The van der Waals surface area contributed by atoms with E-state index in [1.165, 1.54) is 39.5 Å². The Morgan fingerprint density at radius 1 is 1.10 bits per heavy atom. The number of ether oxygens (including phenoxy) is 3. The summed E-state index contributed by atoms with van der Waals surface area (Å²) in [6, 6.07) is 13.3. The van der Waals surface area contributed by atoms with E-state index in [1.807, 2.05) is 24.3 Å². The average molecular weight is 419 g/mol. The topological polar surface area (TPSA) is 104 Å². The maximum absolute atomic E-state index is 12.9. The molecular weight excluding hydrogens is 398 g/mol. The van der Waals surface area contributed by atoms with Crippen LogP contribution in [-0.2, 0) is 19.5 Å². The Kier molecular flexibility index (Phi) is 6.21. The van der Waals surface area contributed by atoms with Gasteiger partial charge in [-0.2, -0.15) is 0 Å². The highest BCUT2D eigenvalue weighted by Crippen LogP contribution is 2.28. The van der Waals surface area contributed by atoms with E-state index in [9.17, 15) is 13.2 Å². The Labute approximate surface area is 168 Å². The monoisotopic (exact) mass is 419 g/mol. The molecule has 0 amide bonds. The van der Waals surface area contributed by atoms with Gasteiger partial charge in [-0.1, -0.05) is 18.2 Å². The standard InChI is InChI=1S/C20H21NO7S/c1-25-16-9-8-14(20(22)27-3)11-19(16)29(23,24)21-12-18(26-2)17-10-13-6-4-5-7-15(13)28-17/h4-11,18,21H,12H2,1-3H3/t18-/m1/s1. The number of nitrogens with one attached hydrogen (secondary N) is 1. The molecule has 1 aromatic heterocycles. The molecule has 0 radical (unpaired) electrons. The number of methoxy groups -OCH3 is 3. The molecule has 1 atom stereocenters. The van der Waals surface area contributed by atoms with E-state index in [4.69, 9.17) is 13.9 Å². The third-order valence-electron chi connectivity index (χ3n) is 4.38. The largest absolute Gasteiger partial charge is 0.495 e. The second kappa shape index (κ2) is 8.64. The smallest absolute Gasteiger partial charge is 0.337 e. The first kappa shape index (κ1) is 20.8. The highest BCUT2D eigenvalue weighted by molar-refractivity contribution is 7.89. The van der Waals surface area contributed by atoms with Crippen LogP contribution < -0.4 is 9.46 Å². The van der Waals surface area contributed by atoms with E-state index in [-0.39, 0.29) is 22.8 Å². The van der Waals surface area contributed by atoms with Crippen molar-refractivity contribution in [3.8, 4) is 5.75 Å². The molecule has 0 aliphatic heterocycles. The molecular formula is C20H21NO7S. The van der Waals surface area contributed by atoms with Crippen LogP contribution >= 0.6 is 0 Å².